The highest BCUT2D eigenvalue weighted by Gasteiger charge is 2.20. The average molecular weight is 444 g/mol. The SMILES string of the molecule is O=C(O)CC(c1ccccc1)n1cnc2cc(NC(=O)Cc3ccccc3[N+](=O)[O-])ccc21. The topological polar surface area (TPSA) is 127 Å². The van der Waals surface area contributed by atoms with Crippen LogP contribution in [0.4, 0.5) is 11.4 Å². The Hall–Kier alpha value is -4.53. The molecule has 4 rings (SSSR count). The average Bonchev–Trinajstić information content (AvgIpc) is 3.21. The number of carbonyl (C=O) groups excluding carboxylic acids is 1. The molecule has 1 unspecified atom stereocenters. The molecular formula is C24H20N4O5. The Morgan fingerprint density at radius 3 is 2.52 bits per heavy atom. The van der Waals surface area contributed by atoms with Gasteiger partial charge in [0.05, 0.1) is 41.2 Å². The largest absolute Gasteiger partial charge is 0.481 e. The lowest BCUT2D eigenvalue weighted by atomic mass is 10.0. The predicted molar refractivity (Wildman–Crippen MR) is 122 cm³/mol. The third-order valence-corrected chi connectivity index (χ3v) is 5.29. The first-order valence-electron chi connectivity index (χ1n) is 10.2. The van der Waals surface area contributed by atoms with Crippen LogP contribution in [0.3, 0.4) is 0 Å². The van der Waals surface area contributed by atoms with Gasteiger partial charge in [0.25, 0.3) is 5.69 Å². The summed E-state index contributed by atoms with van der Waals surface area (Å²) in [5.74, 6) is -1.32. The van der Waals surface area contributed by atoms with Gasteiger partial charge < -0.3 is 15.0 Å². The van der Waals surface area contributed by atoms with E-state index in [2.05, 4.69) is 10.3 Å². The number of anilines is 1. The second-order valence-electron chi connectivity index (χ2n) is 7.49. The number of benzene rings is 3. The van der Waals surface area contributed by atoms with Gasteiger partial charge in [0.2, 0.25) is 5.91 Å². The number of carboxylic acid groups (broad SMARTS) is 1. The van der Waals surface area contributed by atoms with Crippen molar-refractivity contribution < 1.29 is 19.6 Å². The number of carboxylic acids is 1. The highest BCUT2D eigenvalue weighted by molar-refractivity contribution is 5.94. The summed E-state index contributed by atoms with van der Waals surface area (Å²) in [6.07, 6.45) is 1.34. The number of amides is 1. The van der Waals surface area contributed by atoms with E-state index in [-0.39, 0.29) is 18.5 Å². The summed E-state index contributed by atoms with van der Waals surface area (Å²) in [6.45, 7) is 0. The molecule has 0 aliphatic heterocycles. The minimum atomic E-state index is -0.926. The summed E-state index contributed by atoms with van der Waals surface area (Å²) in [5.41, 5.74) is 2.87. The van der Waals surface area contributed by atoms with Crippen LogP contribution >= 0.6 is 0 Å². The molecule has 1 heterocycles. The number of fused-ring (bicyclic) bond motifs is 1. The lowest BCUT2D eigenvalue weighted by Crippen LogP contribution is -2.15. The molecule has 0 aliphatic rings. The van der Waals surface area contributed by atoms with Crippen molar-refractivity contribution in [2.24, 2.45) is 0 Å². The van der Waals surface area contributed by atoms with Crippen LogP contribution in [-0.4, -0.2) is 31.5 Å². The fourth-order valence-corrected chi connectivity index (χ4v) is 3.79. The normalized spacial score (nSPS) is 11.8. The maximum absolute atomic E-state index is 12.5. The first-order chi connectivity index (χ1) is 15.9. The zero-order chi connectivity index (χ0) is 23.4. The number of aliphatic carboxylic acids is 1. The summed E-state index contributed by atoms with van der Waals surface area (Å²) in [5, 5.41) is 23.3. The molecule has 9 nitrogen and oxygen atoms in total. The molecule has 9 heteroatoms. The molecule has 3 aromatic carbocycles. The van der Waals surface area contributed by atoms with Crippen molar-refractivity contribution in [3.63, 3.8) is 0 Å². The Labute approximate surface area is 188 Å². The van der Waals surface area contributed by atoms with E-state index < -0.39 is 22.8 Å². The van der Waals surface area contributed by atoms with Crippen molar-refractivity contribution in [1.82, 2.24) is 9.55 Å². The van der Waals surface area contributed by atoms with Crippen LogP contribution in [-0.2, 0) is 16.0 Å². The molecule has 0 radical (unpaired) electrons. The van der Waals surface area contributed by atoms with Crippen LogP contribution in [0.25, 0.3) is 11.0 Å². The number of nitro benzene ring substituents is 1. The molecule has 2 N–H and O–H groups in total. The molecule has 0 saturated heterocycles. The minimum Gasteiger partial charge on any atom is -0.481 e. The number of carbonyl (C=O) groups is 2. The quantitative estimate of drug-likeness (QED) is 0.310. The van der Waals surface area contributed by atoms with Crippen molar-refractivity contribution in [2.75, 3.05) is 5.32 Å². The van der Waals surface area contributed by atoms with Crippen LogP contribution in [0.5, 0.6) is 0 Å². The monoisotopic (exact) mass is 444 g/mol. The van der Waals surface area contributed by atoms with E-state index in [1.54, 1.807) is 47.3 Å². The van der Waals surface area contributed by atoms with Crippen LogP contribution in [0.1, 0.15) is 23.6 Å². The number of hydrogen-bond acceptors (Lipinski definition) is 5. The van der Waals surface area contributed by atoms with Crippen molar-refractivity contribution in [3.05, 3.63) is 100 Å². The number of nitrogens with one attached hydrogen (secondary N) is 1. The first kappa shape index (κ1) is 21.7. The fraction of sp³-hybridized carbons (Fsp3) is 0.125. The summed E-state index contributed by atoms with van der Waals surface area (Å²) >= 11 is 0. The van der Waals surface area contributed by atoms with E-state index in [1.807, 2.05) is 30.3 Å². The summed E-state index contributed by atoms with van der Waals surface area (Å²) < 4.78 is 1.80. The van der Waals surface area contributed by atoms with Gasteiger partial charge in [-0.2, -0.15) is 0 Å². The van der Waals surface area contributed by atoms with E-state index in [0.717, 1.165) is 11.1 Å². The van der Waals surface area contributed by atoms with Gasteiger partial charge >= 0.3 is 5.97 Å². The van der Waals surface area contributed by atoms with Crippen LogP contribution in [0, 0.1) is 10.1 Å². The van der Waals surface area contributed by atoms with E-state index in [9.17, 15) is 24.8 Å². The standard InChI is InChI=1S/C24H20N4O5/c29-23(12-17-8-4-5-9-20(17)28(32)33)26-18-10-11-21-19(13-18)25-15-27(21)22(14-24(30)31)16-6-2-1-3-7-16/h1-11,13,15,22H,12,14H2,(H,26,29)(H,30,31). The predicted octanol–water partition coefficient (Wildman–Crippen LogP) is 4.19. The third-order valence-electron chi connectivity index (χ3n) is 5.29. The molecular weight excluding hydrogens is 424 g/mol. The molecule has 0 bridgehead atoms. The molecule has 4 aromatic rings. The molecule has 33 heavy (non-hydrogen) atoms. The molecule has 0 aliphatic carbocycles. The highest BCUT2D eigenvalue weighted by Crippen LogP contribution is 2.28. The zero-order valence-corrected chi connectivity index (χ0v) is 17.4. The molecule has 0 spiro atoms. The molecule has 0 fully saturated rings. The van der Waals surface area contributed by atoms with Gasteiger partial charge in [-0.3, -0.25) is 19.7 Å². The van der Waals surface area contributed by atoms with Crippen molar-refractivity contribution >= 4 is 34.3 Å². The Morgan fingerprint density at radius 1 is 1.06 bits per heavy atom. The highest BCUT2D eigenvalue weighted by atomic mass is 16.6. The summed E-state index contributed by atoms with van der Waals surface area (Å²) in [7, 11) is 0. The van der Waals surface area contributed by atoms with Gasteiger partial charge in [-0.25, -0.2) is 4.98 Å². The van der Waals surface area contributed by atoms with Crippen LogP contribution in [0.2, 0.25) is 0 Å². The second-order valence-corrected chi connectivity index (χ2v) is 7.49. The third kappa shape index (κ3) is 4.87. The van der Waals surface area contributed by atoms with Gasteiger partial charge in [-0.1, -0.05) is 48.5 Å². The molecule has 1 atom stereocenters. The van der Waals surface area contributed by atoms with Gasteiger partial charge in [0.1, 0.15) is 0 Å². The molecule has 0 saturated carbocycles. The Morgan fingerprint density at radius 2 is 1.79 bits per heavy atom. The van der Waals surface area contributed by atoms with E-state index >= 15 is 0 Å². The number of nitro groups is 1. The molecule has 166 valence electrons. The van der Waals surface area contributed by atoms with Gasteiger partial charge in [-0.15, -0.1) is 0 Å². The summed E-state index contributed by atoms with van der Waals surface area (Å²) in [6, 6.07) is 20.1. The Balaban J connectivity index is 1.57. The van der Waals surface area contributed by atoms with E-state index in [4.69, 9.17) is 0 Å². The number of nitrogens with zero attached hydrogens (tertiary/aromatic N) is 3. The summed E-state index contributed by atoms with van der Waals surface area (Å²) in [4.78, 5) is 39.0. The molecule has 1 amide bonds. The number of para-hydroxylation sites is 1. The number of aromatic nitrogens is 2. The van der Waals surface area contributed by atoms with Crippen LogP contribution < -0.4 is 5.32 Å². The Bertz CT molecular complexity index is 1330. The molecule has 1 aromatic heterocycles. The van der Waals surface area contributed by atoms with Gasteiger partial charge in [-0.05, 0) is 23.8 Å². The Kier molecular flexibility index (Phi) is 6.12. The lowest BCUT2D eigenvalue weighted by Gasteiger charge is -2.18. The van der Waals surface area contributed by atoms with Crippen molar-refractivity contribution in [2.45, 2.75) is 18.9 Å². The zero-order valence-electron chi connectivity index (χ0n) is 17.4. The van der Waals surface area contributed by atoms with Gasteiger partial charge in [0, 0.05) is 17.3 Å². The fourth-order valence-electron chi connectivity index (χ4n) is 3.79. The lowest BCUT2D eigenvalue weighted by molar-refractivity contribution is -0.385. The second kappa shape index (κ2) is 9.31. The van der Waals surface area contributed by atoms with Crippen molar-refractivity contribution in [3.8, 4) is 0 Å². The first-order valence-corrected chi connectivity index (χ1v) is 10.2. The van der Waals surface area contributed by atoms with Crippen LogP contribution in [0.15, 0.2) is 79.1 Å². The number of hydrogen-bond donors (Lipinski definition) is 2. The number of imidazole rings is 1. The minimum absolute atomic E-state index is 0.104. The van der Waals surface area contributed by atoms with Crippen molar-refractivity contribution in [1.29, 1.82) is 0 Å². The van der Waals surface area contributed by atoms with E-state index in [1.165, 1.54) is 6.07 Å². The smallest absolute Gasteiger partial charge is 0.305 e. The number of rotatable bonds is 8. The van der Waals surface area contributed by atoms with Gasteiger partial charge in [0.15, 0.2) is 0 Å². The maximum Gasteiger partial charge on any atom is 0.305 e. The van der Waals surface area contributed by atoms with E-state index in [0.29, 0.717) is 16.8 Å². The maximum atomic E-state index is 12.5.